The molecule has 1 amide bonds. The molecule has 0 aliphatic heterocycles. The van der Waals surface area contributed by atoms with Crippen LogP contribution < -0.4 is 10.1 Å². The molecular formula is C21H23N3O2. The third-order valence-corrected chi connectivity index (χ3v) is 4.14. The van der Waals surface area contributed by atoms with Crippen LogP contribution in [-0.2, 0) is 4.79 Å². The van der Waals surface area contributed by atoms with Crippen LogP contribution in [0.25, 0.3) is 22.2 Å². The Morgan fingerprint density at radius 2 is 1.92 bits per heavy atom. The van der Waals surface area contributed by atoms with Gasteiger partial charge >= 0.3 is 0 Å². The van der Waals surface area contributed by atoms with E-state index in [2.05, 4.69) is 5.32 Å². The minimum Gasteiger partial charge on any atom is -0.496 e. The Hall–Kier alpha value is -2.92. The van der Waals surface area contributed by atoms with Crippen molar-refractivity contribution in [2.24, 2.45) is 0 Å². The molecule has 1 heterocycles. The number of para-hydroxylation sites is 1. The molecule has 0 unspecified atom stereocenters. The van der Waals surface area contributed by atoms with Crippen molar-refractivity contribution in [1.82, 2.24) is 9.88 Å². The summed E-state index contributed by atoms with van der Waals surface area (Å²) in [5, 5.41) is 3.95. The van der Waals surface area contributed by atoms with E-state index < -0.39 is 0 Å². The molecule has 0 bridgehead atoms. The smallest absolute Gasteiger partial charge is 0.238 e. The summed E-state index contributed by atoms with van der Waals surface area (Å²) in [6.45, 7) is 2.40. The van der Waals surface area contributed by atoms with Gasteiger partial charge < -0.3 is 15.0 Å². The number of fused-ring (bicyclic) bond motifs is 1. The summed E-state index contributed by atoms with van der Waals surface area (Å²) in [5.41, 5.74) is 4.59. The number of carbonyl (C=O) groups is 1. The number of benzene rings is 2. The van der Waals surface area contributed by atoms with Crippen LogP contribution in [0.1, 0.15) is 5.56 Å². The molecule has 0 spiro atoms. The molecule has 2 aromatic carbocycles. The minimum atomic E-state index is -0.0365. The van der Waals surface area contributed by atoms with Gasteiger partial charge in [-0.15, -0.1) is 0 Å². The Kier molecular flexibility index (Phi) is 5.19. The van der Waals surface area contributed by atoms with Gasteiger partial charge in [-0.2, -0.15) is 0 Å². The van der Waals surface area contributed by atoms with E-state index in [0.717, 1.165) is 39.2 Å². The van der Waals surface area contributed by atoms with E-state index in [1.165, 1.54) is 0 Å². The van der Waals surface area contributed by atoms with Gasteiger partial charge in [0.25, 0.3) is 0 Å². The van der Waals surface area contributed by atoms with Crippen LogP contribution in [0.3, 0.4) is 0 Å². The monoisotopic (exact) mass is 349 g/mol. The van der Waals surface area contributed by atoms with E-state index >= 15 is 0 Å². The lowest BCUT2D eigenvalue weighted by atomic mass is 10.0. The first-order valence-electron chi connectivity index (χ1n) is 8.47. The van der Waals surface area contributed by atoms with Crippen LogP contribution in [0, 0.1) is 6.92 Å². The maximum atomic E-state index is 12.0. The highest BCUT2D eigenvalue weighted by Gasteiger charge is 2.11. The molecule has 5 nitrogen and oxygen atoms in total. The van der Waals surface area contributed by atoms with Crippen LogP contribution in [0.2, 0.25) is 0 Å². The first kappa shape index (κ1) is 17.9. The number of methoxy groups -OCH3 is 1. The van der Waals surface area contributed by atoms with Crippen molar-refractivity contribution >= 4 is 22.5 Å². The molecule has 0 aliphatic carbocycles. The molecule has 5 heteroatoms. The number of nitrogens with one attached hydrogen (secondary N) is 1. The summed E-state index contributed by atoms with van der Waals surface area (Å²) >= 11 is 0. The lowest BCUT2D eigenvalue weighted by Gasteiger charge is -2.13. The third-order valence-electron chi connectivity index (χ3n) is 4.14. The Labute approximate surface area is 153 Å². The van der Waals surface area contributed by atoms with Gasteiger partial charge in [-0.25, -0.2) is 4.98 Å². The molecule has 1 aromatic heterocycles. The van der Waals surface area contributed by atoms with Gasteiger partial charge in [-0.3, -0.25) is 4.79 Å². The molecule has 0 aliphatic rings. The molecule has 0 radical (unpaired) electrons. The van der Waals surface area contributed by atoms with Crippen LogP contribution in [-0.4, -0.2) is 43.5 Å². The third kappa shape index (κ3) is 3.83. The van der Waals surface area contributed by atoms with E-state index in [-0.39, 0.29) is 5.91 Å². The van der Waals surface area contributed by atoms with Crippen LogP contribution in [0.4, 0.5) is 5.69 Å². The molecule has 134 valence electrons. The molecule has 1 N–H and O–H groups in total. The maximum absolute atomic E-state index is 12.0. The van der Waals surface area contributed by atoms with E-state index in [9.17, 15) is 4.79 Å². The average molecular weight is 349 g/mol. The normalized spacial score (nSPS) is 11.0. The maximum Gasteiger partial charge on any atom is 0.238 e. The van der Waals surface area contributed by atoms with Gasteiger partial charge in [0, 0.05) is 16.6 Å². The summed E-state index contributed by atoms with van der Waals surface area (Å²) in [6.07, 6.45) is 0. The first-order valence-corrected chi connectivity index (χ1v) is 8.47. The first-order chi connectivity index (χ1) is 12.5. The number of hydrogen-bond acceptors (Lipinski definition) is 4. The fourth-order valence-corrected chi connectivity index (χ4v) is 2.95. The molecule has 3 aromatic rings. The number of likely N-dealkylation sites (N-methyl/N-ethyl adjacent to an activating group) is 1. The Morgan fingerprint density at radius 1 is 1.15 bits per heavy atom. The van der Waals surface area contributed by atoms with Gasteiger partial charge in [0.15, 0.2) is 0 Å². The number of aromatic nitrogens is 1. The number of nitrogens with zero attached hydrogens (tertiary/aromatic N) is 2. The zero-order valence-electron chi connectivity index (χ0n) is 15.5. The van der Waals surface area contributed by atoms with Crippen LogP contribution >= 0.6 is 0 Å². The summed E-state index contributed by atoms with van der Waals surface area (Å²) in [4.78, 5) is 18.6. The highest BCUT2D eigenvalue weighted by Crippen LogP contribution is 2.31. The number of ether oxygens (including phenoxy) is 1. The molecule has 3 rings (SSSR count). The number of carbonyl (C=O) groups excluding carboxylic acids is 1. The van der Waals surface area contributed by atoms with Crippen LogP contribution in [0.15, 0.2) is 48.5 Å². The molecule has 0 saturated heterocycles. The van der Waals surface area contributed by atoms with Crippen molar-refractivity contribution < 1.29 is 9.53 Å². The predicted molar refractivity (Wildman–Crippen MR) is 106 cm³/mol. The number of anilines is 1. The van der Waals surface area contributed by atoms with E-state index in [4.69, 9.17) is 9.72 Å². The number of amides is 1. The molecule has 26 heavy (non-hydrogen) atoms. The largest absolute Gasteiger partial charge is 0.496 e. The molecular weight excluding hydrogens is 326 g/mol. The second-order valence-electron chi connectivity index (χ2n) is 6.54. The van der Waals surface area contributed by atoms with Gasteiger partial charge in [0.2, 0.25) is 5.91 Å². The summed E-state index contributed by atoms with van der Waals surface area (Å²) in [7, 11) is 5.40. The topological polar surface area (TPSA) is 54.5 Å². The van der Waals surface area contributed by atoms with Gasteiger partial charge in [-0.05, 0) is 63.0 Å². The van der Waals surface area contributed by atoms with E-state index in [1.54, 1.807) is 7.11 Å². The van der Waals surface area contributed by atoms with Crippen molar-refractivity contribution in [3.63, 3.8) is 0 Å². The van der Waals surface area contributed by atoms with Gasteiger partial charge in [0.05, 0.1) is 24.9 Å². The van der Waals surface area contributed by atoms with Crippen molar-refractivity contribution in [2.45, 2.75) is 6.92 Å². The summed E-state index contributed by atoms with van der Waals surface area (Å²) in [6, 6.07) is 15.7. The number of pyridine rings is 1. The van der Waals surface area contributed by atoms with Crippen molar-refractivity contribution in [1.29, 1.82) is 0 Å². The fourth-order valence-electron chi connectivity index (χ4n) is 2.95. The Bertz CT molecular complexity index is 951. The number of rotatable bonds is 5. The van der Waals surface area contributed by atoms with Crippen molar-refractivity contribution in [3.8, 4) is 17.0 Å². The van der Waals surface area contributed by atoms with Gasteiger partial charge in [0.1, 0.15) is 5.75 Å². The summed E-state index contributed by atoms with van der Waals surface area (Å²) < 4.78 is 5.45. The van der Waals surface area contributed by atoms with E-state index in [1.807, 2.05) is 74.4 Å². The van der Waals surface area contributed by atoms with Crippen LogP contribution in [0.5, 0.6) is 5.75 Å². The second kappa shape index (κ2) is 7.54. The second-order valence-corrected chi connectivity index (χ2v) is 6.54. The van der Waals surface area contributed by atoms with E-state index in [0.29, 0.717) is 6.54 Å². The Morgan fingerprint density at radius 3 is 2.65 bits per heavy atom. The fraction of sp³-hybridized carbons (Fsp3) is 0.238. The zero-order chi connectivity index (χ0) is 18.7. The predicted octanol–water partition coefficient (Wildman–Crippen LogP) is 3.72. The average Bonchev–Trinajstić information content (AvgIpc) is 2.61. The molecule has 0 fully saturated rings. The van der Waals surface area contributed by atoms with Crippen molar-refractivity contribution in [2.75, 3.05) is 33.1 Å². The molecule has 0 saturated carbocycles. The SMILES string of the molecule is COc1ccccc1-c1cc(C)c2cc(NC(=O)CN(C)C)ccc2n1. The summed E-state index contributed by atoms with van der Waals surface area (Å²) in [5.74, 6) is 0.761. The zero-order valence-corrected chi connectivity index (χ0v) is 15.5. The van der Waals surface area contributed by atoms with Gasteiger partial charge in [-0.1, -0.05) is 12.1 Å². The standard InChI is InChI=1S/C21H23N3O2/c1-14-11-19(16-7-5-6-8-20(16)26-4)23-18-10-9-15(12-17(14)18)22-21(25)13-24(2)3/h5-12H,13H2,1-4H3,(H,22,25). The van der Waals surface area contributed by atoms with Crippen molar-refractivity contribution in [3.05, 3.63) is 54.1 Å². The number of aryl methyl sites for hydroxylation is 1. The quantitative estimate of drug-likeness (QED) is 0.763. The lowest BCUT2D eigenvalue weighted by molar-refractivity contribution is -0.116. The lowest BCUT2D eigenvalue weighted by Crippen LogP contribution is -2.27. The number of hydrogen-bond donors (Lipinski definition) is 1. The molecule has 0 atom stereocenters. The minimum absolute atomic E-state index is 0.0365. The Balaban J connectivity index is 1.98. The highest BCUT2D eigenvalue weighted by molar-refractivity contribution is 5.96. The highest BCUT2D eigenvalue weighted by atomic mass is 16.5.